The third-order valence-corrected chi connectivity index (χ3v) is 2.34. The summed E-state index contributed by atoms with van der Waals surface area (Å²) in [6.45, 7) is 4.25. The van der Waals surface area contributed by atoms with Crippen LogP contribution in [0.5, 0.6) is 0 Å². The molecule has 0 bridgehead atoms. The van der Waals surface area contributed by atoms with Crippen LogP contribution >= 0.6 is 0 Å². The highest BCUT2D eigenvalue weighted by Crippen LogP contribution is 2.23. The number of halogens is 3. The minimum absolute atomic E-state index is 0.0703. The van der Waals surface area contributed by atoms with E-state index in [1.165, 1.54) is 0 Å². The lowest BCUT2D eigenvalue weighted by Crippen LogP contribution is -2.56. The molecule has 5 nitrogen and oxygen atoms in total. The number of hydrogen-bond acceptors (Lipinski definition) is 4. The lowest BCUT2D eigenvalue weighted by atomic mass is 10.1. The van der Waals surface area contributed by atoms with Crippen LogP contribution in [0.15, 0.2) is 0 Å². The number of carbonyl (C=O) groups excluding carboxylic acids is 2. The fraction of sp³-hybridized carbons (Fsp3) is 0.818. The van der Waals surface area contributed by atoms with Crippen LogP contribution in [0.1, 0.15) is 20.8 Å². The van der Waals surface area contributed by atoms with Crippen molar-refractivity contribution < 1.29 is 32.2 Å². The Hall–Kier alpha value is -1.31. The van der Waals surface area contributed by atoms with Gasteiger partial charge in [0.1, 0.15) is 11.6 Å². The summed E-state index contributed by atoms with van der Waals surface area (Å²) in [6.07, 6.45) is -5.95. The molecular formula is C11H16F3NO4. The quantitative estimate of drug-likeness (QED) is 0.735. The molecule has 1 saturated heterocycles. The average molecular weight is 283 g/mol. The minimum atomic E-state index is -5.01. The highest BCUT2D eigenvalue weighted by Gasteiger charge is 2.48. The zero-order valence-electron chi connectivity index (χ0n) is 10.9. The first-order valence-corrected chi connectivity index (χ1v) is 5.71. The van der Waals surface area contributed by atoms with E-state index in [-0.39, 0.29) is 13.2 Å². The zero-order valence-corrected chi connectivity index (χ0v) is 10.9. The van der Waals surface area contributed by atoms with E-state index in [0.717, 1.165) is 4.90 Å². The summed E-state index contributed by atoms with van der Waals surface area (Å²) in [4.78, 5) is 23.8. The molecule has 0 saturated carbocycles. The zero-order chi connectivity index (χ0) is 14.8. The Kier molecular flexibility index (Phi) is 4.44. The van der Waals surface area contributed by atoms with Gasteiger partial charge in [-0.1, -0.05) is 0 Å². The number of ketones is 1. The lowest BCUT2D eigenvalue weighted by Gasteiger charge is -2.35. The molecule has 0 spiro atoms. The van der Waals surface area contributed by atoms with Crippen molar-refractivity contribution in [3.05, 3.63) is 0 Å². The molecule has 8 heteroatoms. The van der Waals surface area contributed by atoms with Gasteiger partial charge in [0.25, 0.3) is 5.78 Å². The number of ether oxygens (including phenoxy) is 2. The van der Waals surface area contributed by atoms with Crippen molar-refractivity contribution in [1.29, 1.82) is 0 Å². The molecule has 0 aromatic rings. The van der Waals surface area contributed by atoms with Crippen molar-refractivity contribution in [3.63, 3.8) is 0 Å². The van der Waals surface area contributed by atoms with Crippen molar-refractivity contribution in [1.82, 2.24) is 4.90 Å². The van der Waals surface area contributed by atoms with Crippen LogP contribution in [0.25, 0.3) is 0 Å². The van der Waals surface area contributed by atoms with Crippen molar-refractivity contribution in [2.75, 3.05) is 19.8 Å². The molecule has 1 amide bonds. The van der Waals surface area contributed by atoms with Crippen LogP contribution in [0, 0.1) is 0 Å². The fourth-order valence-electron chi connectivity index (χ4n) is 1.55. The molecular weight excluding hydrogens is 267 g/mol. The van der Waals surface area contributed by atoms with Crippen LogP contribution in [0.2, 0.25) is 0 Å². The third kappa shape index (κ3) is 4.38. The molecule has 0 aromatic carbocycles. The number of morpholine rings is 1. The summed E-state index contributed by atoms with van der Waals surface area (Å²) in [5, 5.41) is 0. The molecule has 110 valence electrons. The first-order valence-electron chi connectivity index (χ1n) is 5.71. The summed E-state index contributed by atoms with van der Waals surface area (Å²) < 4.78 is 47.1. The standard InChI is InChI=1S/C11H16F3NO4/c1-10(2,3)19-9(17)15-4-5-18-6-7(15)8(16)11(12,13)14/h7H,4-6H2,1-3H3. The first kappa shape index (κ1) is 15.7. The van der Waals surface area contributed by atoms with Gasteiger partial charge in [0, 0.05) is 6.54 Å². The van der Waals surface area contributed by atoms with Crippen LogP contribution in [0.4, 0.5) is 18.0 Å². The number of nitrogens with zero attached hydrogens (tertiary/aromatic N) is 1. The van der Waals surface area contributed by atoms with Crippen LogP contribution in [-0.4, -0.2) is 54.4 Å². The van der Waals surface area contributed by atoms with Crippen molar-refractivity contribution in [2.24, 2.45) is 0 Å². The van der Waals surface area contributed by atoms with Gasteiger partial charge in [0.15, 0.2) is 0 Å². The van der Waals surface area contributed by atoms with E-state index in [1.807, 2.05) is 0 Å². The Morgan fingerprint density at radius 2 is 1.84 bits per heavy atom. The molecule has 1 rings (SSSR count). The van der Waals surface area contributed by atoms with Crippen molar-refractivity contribution in [2.45, 2.75) is 38.6 Å². The second-order valence-electron chi connectivity index (χ2n) is 5.13. The monoisotopic (exact) mass is 283 g/mol. The van der Waals surface area contributed by atoms with E-state index >= 15 is 0 Å². The van der Waals surface area contributed by atoms with E-state index in [4.69, 9.17) is 9.47 Å². The van der Waals surface area contributed by atoms with Crippen LogP contribution in [0.3, 0.4) is 0 Å². The maximum absolute atomic E-state index is 12.4. The van der Waals surface area contributed by atoms with Crippen LogP contribution in [-0.2, 0) is 14.3 Å². The van der Waals surface area contributed by atoms with Gasteiger partial charge in [0.2, 0.25) is 0 Å². The minimum Gasteiger partial charge on any atom is -0.444 e. The number of hydrogen-bond donors (Lipinski definition) is 0. The number of amides is 1. The molecule has 0 N–H and O–H groups in total. The molecule has 1 aliphatic rings. The van der Waals surface area contributed by atoms with Gasteiger partial charge in [-0.25, -0.2) is 4.79 Å². The van der Waals surface area contributed by atoms with E-state index in [1.54, 1.807) is 20.8 Å². The Labute approximate surface area is 108 Å². The molecule has 19 heavy (non-hydrogen) atoms. The smallest absolute Gasteiger partial charge is 0.444 e. The topological polar surface area (TPSA) is 55.8 Å². The summed E-state index contributed by atoms with van der Waals surface area (Å²) in [5.41, 5.74) is -0.846. The molecule has 1 aliphatic heterocycles. The van der Waals surface area contributed by atoms with Gasteiger partial charge in [0.05, 0.1) is 13.2 Å². The van der Waals surface area contributed by atoms with E-state index in [9.17, 15) is 22.8 Å². The van der Waals surface area contributed by atoms with Gasteiger partial charge in [-0.3, -0.25) is 9.69 Å². The van der Waals surface area contributed by atoms with E-state index in [0.29, 0.717) is 0 Å². The molecule has 1 fully saturated rings. The third-order valence-electron chi connectivity index (χ3n) is 2.34. The molecule has 1 atom stereocenters. The lowest BCUT2D eigenvalue weighted by molar-refractivity contribution is -0.180. The maximum Gasteiger partial charge on any atom is 0.452 e. The second-order valence-corrected chi connectivity index (χ2v) is 5.13. The first-order chi connectivity index (χ1) is 8.52. The van der Waals surface area contributed by atoms with Gasteiger partial charge >= 0.3 is 12.3 Å². The normalized spacial score (nSPS) is 21.2. The maximum atomic E-state index is 12.4. The summed E-state index contributed by atoms with van der Waals surface area (Å²) in [7, 11) is 0. The van der Waals surface area contributed by atoms with E-state index in [2.05, 4.69) is 0 Å². The molecule has 0 aromatic heterocycles. The Balaban J connectivity index is 2.84. The summed E-state index contributed by atoms with van der Waals surface area (Å²) in [6, 6.07) is -1.68. The summed E-state index contributed by atoms with van der Waals surface area (Å²) >= 11 is 0. The Morgan fingerprint density at radius 1 is 1.26 bits per heavy atom. The predicted octanol–water partition coefficient (Wildman–Crippen LogP) is 1.75. The summed E-state index contributed by atoms with van der Waals surface area (Å²) in [5.74, 6) is -2.00. The number of alkyl halides is 3. The average Bonchev–Trinajstić information content (AvgIpc) is 2.24. The fourth-order valence-corrected chi connectivity index (χ4v) is 1.55. The SMILES string of the molecule is CC(C)(C)OC(=O)N1CCOCC1C(=O)C(F)(F)F. The second kappa shape index (κ2) is 5.36. The highest BCUT2D eigenvalue weighted by atomic mass is 19.4. The van der Waals surface area contributed by atoms with E-state index < -0.39 is 36.3 Å². The Morgan fingerprint density at radius 3 is 2.32 bits per heavy atom. The molecule has 1 heterocycles. The van der Waals surface area contributed by atoms with Gasteiger partial charge in [-0.05, 0) is 20.8 Å². The molecule has 1 unspecified atom stereocenters. The van der Waals surface area contributed by atoms with Gasteiger partial charge in [-0.2, -0.15) is 13.2 Å². The van der Waals surface area contributed by atoms with Crippen molar-refractivity contribution in [3.8, 4) is 0 Å². The Bertz CT molecular complexity index is 362. The number of carbonyl (C=O) groups is 2. The highest BCUT2D eigenvalue weighted by molar-refractivity contribution is 5.92. The largest absolute Gasteiger partial charge is 0.452 e. The van der Waals surface area contributed by atoms with Crippen molar-refractivity contribution >= 4 is 11.9 Å². The van der Waals surface area contributed by atoms with Gasteiger partial charge < -0.3 is 9.47 Å². The number of rotatable bonds is 1. The number of Topliss-reactive ketones (excluding diaryl/α,β-unsaturated/α-hetero) is 1. The molecule has 0 aliphatic carbocycles. The predicted molar refractivity (Wildman–Crippen MR) is 58.6 cm³/mol. The van der Waals surface area contributed by atoms with Crippen LogP contribution < -0.4 is 0 Å². The molecule has 0 radical (unpaired) electrons. The van der Waals surface area contributed by atoms with Gasteiger partial charge in [-0.15, -0.1) is 0 Å².